The van der Waals surface area contributed by atoms with Crippen LogP contribution in [0.5, 0.6) is 5.75 Å². The fourth-order valence-electron chi connectivity index (χ4n) is 5.41. The third-order valence-corrected chi connectivity index (χ3v) is 7.44. The van der Waals surface area contributed by atoms with Crippen molar-refractivity contribution in [2.45, 2.75) is 57.8 Å². The second-order valence-electron chi connectivity index (χ2n) is 10.1. The topological polar surface area (TPSA) is 139 Å². The minimum Gasteiger partial charge on any atom is -0.493 e. The van der Waals surface area contributed by atoms with E-state index in [0.717, 1.165) is 44.8 Å². The molecule has 9 heteroatoms. The molecule has 1 atom stereocenters. The second-order valence-corrected chi connectivity index (χ2v) is 10.1. The van der Waals surface area contributed by atoms with Crippen molar-refractivity contribution in [2.24, 2.45) is 28.3 Å². The van der Waals surface area contributed by atoms with Crippen molar-refractivity contribution in [1.82, 2.24) is 9.88 Å². The van der Waals surface area contributed by atoms with E-state index in [1.165, 1.54) is 44.6 Å². The summed E-state index contributed by atoms with van der Waals surface area (Å²) in [5, 5.41) is 3.49. The number of aromatic amines is 1. The third kappa shape index (κ3) is 7.07. The van der Waals surface area contributed by atoms with Crippen LogP contribution in [-0.2, 0) is 0 Å². The number of nitrogens with one attached hydrogen (secondary N) is 2. The van der Waals surface area contributed by atoms with Crippen LogP contribution in [0.15, 0.2) is 34.1 Å². The Bertz CT molecular complexity index is 1110. The molecule has 196 valence electrons. The summed E-state index contributed by atoms with van der Waals surface area (Å²) in [7, 11) is 0. The number of aliphatic imine (C=N–C) groups is 1. The normalized spacial score (nSPS) is 19.9. The lowest BCUT2D eigenvalue weighted by atomic mass is 9.86. The van der Waals surface area contributed by atoms with Crippen molar-refractivity contribution < 1.29 is 9.53 Å². The second kappa shape index (κ2) is 12.9. The third-order valence-electron chi connectivity index (χ3n) is 7.44. The van der Waals surface area contributed by atoms with Gasteiger partial charge in [0.2, 0.25) is 5.56 Å². The van der Waals surface area contributed by atoms with Crippen LogP contribution in [0, 0.1) is 11.8 Å². The molecule has 0 spiro atoms. The molecule has 4 rings (SSSR count). The van der Waals surface area contributed by atoms with Gasteiger partial charge in [0.05, 0.1) is 17.8 Å². The molecule has 0 bridgehead atoms. The molecule has 9 nitrogen and oxygen atoms in total. The van der Waals surface area contributed by atoms with Gasteiger partial charge in [-0.25, -0.2) is 4.79 Å². The summed E-state index contributed by atoms with van der Waals surface area (Å²) in [5.41, 5.74) is 12.5. The predicted molar refractivity (Wildman–Crippen MR) is 145 cm³/mol. The van der Waals surface area contributed by atoms with Crippen molar-refractivity contribution in [2.75, 3.05) is 38.1 Å². The molecule has 1 unspecified atom stereocenters. The number of anilines is 1. The number of amides is 2. The van der Waals surface area contributed by atoms with Crippen LogP contribution in [0.3, 0.4) is 0 Å². The molecule has 2 fully saturated rings. The average molecular weight is 497 g/mol. The summed E-state index contributed by atoms with van der Waals surface area (Å²) >= 11 is 0. The van der Waals surface area contributed by atoms with Gasteiger partial charge in [0, 0.05) is 23.9 Å². The van der Waals surface area contributed by atoms with Crippen LogP contribution in [0.2, 0.25) is 0 Å². The van der Waals surface area contributed by atoms with E-state index >= 15 is 0 Å². The highest BCUT2D eigenvalue weighted by Gasteiger charge is 2.24. The summed E-state index contributed by atoms with van der Waals surface area (Å²) < 4.78 is 5.80. The van der Waals surface area contributed by atoms with Gasteiger partial charge in [-0.2, -0.15) is 4.99 Å². The first-order valence-electron chi connectivity index (χ1n) is 13.4. The highest BCUT2D eigenvalue weighted by Crippen LogP contribution is 2.30. The average Bonchev–Trinajstić information content (AvgIpc) is 2.89. The van der Waals surface area contributed by atoms with Gasteiger partial charge in [0.1, 0.15) is 11.6 Å². The van der Waals surface area contributed by atoms with Crippen molar-refractivity contribution in [1.29, 1.82) is 0 Å². The fraction of sp³-hybridized carbons (Fsp3) is 0.593. The summed E-state index contributed by atoms with van der Waals surface area (Å²) in [4.78, 5) is 34.2. The van der Waals surface area contributed by atoms with Crippen LogP contribution in [0.1, 0.15) is 57.8 Å². The number of pyridine rings is 1. The van der Waals surface area contributed by atoms with E-state index in [1.807, 2.05) is 0 Å². The highest BCUT2D eigenvalue weighted by atomic mass is 16.5. The highest BCUT2D eigenvalue weighted by molar-refractivity contribution is 6.05. The van der Waals surface area contributed by atoms with Gasteiger partial charge in [0.15, 0.2) is 0 Å². The smallest absolute Gasteiger partial charge is 0.347 e. The molecule has 2 aliphatic rings. The van der Waals surface area contributed by atoms with Gasteiger partial charge in [-0.3, -0.25) is 4.79 Å². The Kier molecular flexibility index (Phi) is 9.35. The predicted octanol–water partition coefficient (Wildman–Crippen LogP) is 3.83. The molecule has 1 saturated heterocycles. The molecular formula is C27H40N6O3. The number of H-pyrrole nitrogens is 1. The number of rotatable bonds is 9. The van der Waals surface area contributed by atoms with Crippen LogP contribution in [0.25, 0.3) is 10.9 Å². The number of carbonyl (C=O) groups is 1. The number of urea groups is 1. The maximum Gasteiger partial charge on any atom is 0.347 e. The largest absolute Gasteiger partial charge is 0.493 e. The molecule has 36 heavy (non-hydrogen) atoms. The first-order valence-corrected chi connectivity index (χ1v) is 13.4. The van der Waals surface area contributed by atoms with Crippen LogP contribution in [0.4, 0.5) is 10.5 Å². The molecule has 1 saturated carbocycles. The Labute approximate surface area is 212 Å². The molecule has 1 aliphatic carbocycles. The van der Waals surface area contributed by atoms with Gasteiger partial charge in [0.25, 0.3) is 0 Å². The number of likely N-dealkylation sites (tertiary alicyclic amines) is 1. The SMILES string of the molecule is NCCCOc1ccc(NC(=O)/N=C(\N)C2CCCN(CCC3CCCCC3)C2)c2[nH]c(=O)ccc12. The maximum absolute atomic E-state index is 12.8. The minimum atomic E-state index is -0.547. The minimum absolute atomic E-state index is 0.0747. The van der Waals surface area contributed by atoms with E-state index in [0.29, 0.717) is 41.3 Å². The number of piperidine rings is 1. The molecule has 6 N–H and O–H groups in total. The Morgan fingerprint density at radius 2 is 1.97 bits per heavy atom. The summed E-state index contributed by atoms with van der Waals surface area (Å²) in [6.07, 6.45) is 10.8. The monoisotopic (exact) mass is 496 g/mol. The van der Waals surface area contributed by atoms with Crippen molar-refractivity contribution in [3.05, 3.63) is 34.6 Å². The molecule has 2 amide bonds. The van der Waals surface area contributed by atoms with Gasteiger partial charge in [-0.05, 0) is 69.4 Å². The van der Waals surface area contributed by atoms with Crippen molar-refractivity contribution in [3.8, 4) is 5.75 Å². The van der Waals surface area contributed by atoms with E-state index in [1.54, 1.807) is 18.2 Å². The molecular weight excluding hydrogens is 456 g/mol. The van der Waals surface area contributed by atoms with Crippen molar-refractivity contribution >= 4 is 28.5 Å². The number of fused-ring (bicyclic) bond motifs is 1. The van der Waals surface area contributed by atoms with E-state index in [4.69, 9.17) is 16.2 Å². The molecule has 2 heterocycles. The molecule has 0 radical (unpaired) electrons. The zero-order valence-electron chi connectivity index (χ0n) is 21.1. The lowest BCUT2D eigenvalue weighted by Gasteiger charge is -2.33. The first kappa shape index (κ1) is 26.2. The van der Waals surface area contributed by atoms with Gasteiger partial charge >= 0.3 is 6.03 Å². The molecule has 1 aromatic carbocycles. The number of carbonyl (C=O) groups excluding carboxylic acids is 1. The fourth-order valence-corrected chi connectivity index (χ4v) is 5.41. The van der Waals surface area contributed by atoms with E-state index < -0.39 is 6.03 Å². The Morgan fingerprint density at radius 1 is 1.14 bits per heavy atom. The first-order chi connectivity index (χ1) is 17.5. The van der Waals surface area contributed by atoms with Crippen LogP contribution < -0.4 is 27.1 Å². The Hall–Kier alpha value is -2.91. The number of aromatic nitrogens is 1. The van der Waals surface area contributed by atoms with Gasteiger partial charge < -0.3 is 31.4 Å². The Balaban J connectivity index is 1.39. The zero-order valence-corrected chi connectivity index (χ0v) is 21.1. The lowest BCUT2D eigenvalue weighted by molar-refractivity contribution is 0.182. The quantitative estimate of drug-likeness (QED) is 0.236. The lowest BCUT2D eigenvalue weighted by Crippen LogP contribution is -2.42. The van der Waals surface area contributed by atoms with Crippen LogP contribution in [-0.4, -0.2) is 54.5 Å². The Morgan fingerprint density at radius 3 is 2.78 bits per heavy atom. The van der Waals surface area contributed by atoms with Gasteiger partial charge in [-0.15, -0.1) is 0 Å². The van der Waals surface area contributed by atoms with E-state index in [9.17, 15) is 9.59 Å². The standard InChI is InChI=1S/C27H40N6O3/c28-14-5-17-36-23-11-10-22(25-21(23)9-12-24(34)31-25)30-27(35)32-26(29)20-8-4-15-33(18-20)16-13-19-6-2-1-3-7-19/h9-12,19-20H,1-8,13-18,28H2,(H,31,34)(H3,29,30,32,35). The molecule has 2 aromatic rings. The van der Waals surface area contributed by atoms with E-state index in [-0.39, 0.29) is 11.5 Å². The number of benzene rings is 1. The van der Waals surface area contributed by atoms with Gasteiger partial charge in [-0.1, -0.05) is 32.1 Å². The summed E-state index contributed by atoms with van der Waals surface area (Å²) in [6, 6.07) is 6.04. The summed E-state index contributed by atoms with van der Waals surface area (Å²) in [5.74, 6) is 1.92. The van der Waals surface area contributed by atoms with Crippen LogP contribution >= 0.6 is 0 Å². The number of ether oxygens (including phenoxy) is 1. The van der Waals surface area contributed by atoms with Crippen molar-refractivity contribution in [3.63, 3.8) is 0 Å². The maximum atomic E-state index is 12.8. The zero-order chi connectivity index (χ0) is 25.3. The number of nitrogens with zero attached hydrogens (tertiary/aromatic N) is 2. The summed E-state index contributed by atoms with van der Waals surface area (Å²) in [6.45, 7) is 4.03. The number of hydrogen-bond acceptors (Lipinski definition) is 5. The molecule has 1 aromatic heterocycles. The van der Waals surface area contributed by atoms with E-state index in [2.05, 4.69) is 20.2 Å². The number of nitrogens with two attached hydrogens (primary N) is 2. The number of hydrogen-bond donors (Lipinski definition) is 4. The number of amidine groups is 1. The molecule has 1 aliphatic heterocycles.